The first-order valence-electron chi connectivity index (χ1n) is 8.60. The first-order valence-corrected chi connectivity index (χ1v) is 8.60. The molecule has 0 aromatic carbocycles. The molecule has 0 aromatic rings. The molecule has 1 aliphatic heterocycles. The smallest absolute Gasteiger partial charge is 0.330 e. The van der Waals surface area contributed by atoms with Crippen LogP contribution >= 0.6 is 0 Å². The normalized spacial score (nSPS) is 27.8. The number of hydrogen-bond donors (Lipinski definition) is 0. The molecule has 6 nitrogen and oxygen atoms in total. The maximum absolute atomic E-state index is 12.7. The minimum atomic E-state index is -0.727. The van der Waals surface area contributed by atoms with Gasteiger partial charge < -0.3 is 14.2 Å². The van der Waals surface area contributed by atoms with E-state index >= 15 is 0 Å². The number of hydrogen-bond acceptors (Lipinski definition) is 6. The Hall–Kier alpha value is -1.85. The monoisotopic (exact) mass is 338 g/mol. The van der Waals surface area contributed by atoms with Gasteiger partial charge in [-0.1, -0.05) is 19.9 Å². The molecule has 0 spiro atoms. The zero-order chi connectivity index (χ0) is 17.7. The summed E-state index contributed by atoms with van der Waals surface area (Å²) in [7, 11) is 0. The Bertz CT molecular complexity index is 514. The van der Waals surface area contributed by atoms with Crippen LogP contribution in [0.2, 0.25) is 0 Å². The summed E-state index contributed by atoms with van der Waals surface area (Å²) in [6, 6.07) is 0. The fourth-order valence-electron chi connectivity index (χ4n) is 3.42. The van der Waals surface area contributed by atoms with Crippen LogP contribution in [0.15, 0.2) is 12.7 Å². The van der Waals surface area contributed by atoms with Crippen molar-refractivity contribution in [3.8, 4) is 0 Å². The first-order chi connectivity index (χ1) is 11.4. The average molecular weight is 338 g/mol. The molecule has 0 N–H and O–H groups in total. The summed E-state index contributed by atoms with van der Waals surface area (Å²) in [5.74, 6) is -1.03. The predicted octanol–water partition coefficient (Wildman–Crippen LogP) is 2.55. The van der Waals surface area contributed by atoms with Crippen molar-refractivity contribution in [1.29, 1.82) is 0 Å². The molecule has 134 valence electrons. The summed E-state index contributed by atoms with van der Waals surface area (Å²) in [5, 5.41) is 0. The molecule has 6 heteroatoms. The van der Waals surface area contributed by atoms with E-state index in [4.69, 9.17) is 14.2 Å². The van der Waals surface area contributed by atoms with E-state index in [-0.39, 0.29) is 36.7 Å². The highest BCUT2D eigenvalue weighted by atomic mass is 16.6. The lowest BCUT2D eigenvalue weighted by molar-refractivity contribution is -0.172. The van der Waals surface area contributed by atoms with Crippen molar-refractivity contribution in [2.24, 2.45) is 11.3 Å². The quantitative estimate of drug-likeness (QED) is 0.384. The van der Waals surface area contributed by atoms with Crippen molar-refractivity contribution >= 4 is 17.9 Å². The van der Waals surface area contributed by atoms with Crippen LogP contribution in [0.25, 0.3) is 0 Å². The van der Waals surface area contributed by atoms with Gasteiger partial charge in [0.05, 0.1) is 17.9 Å². The lowest BCUT2D eigenvalue weighted by Gasteiger charge is -2.32. The summed E-state index contributed by atoms with van der Waals surface area (Å²) in [4.78, 5) is 35.5. The molecule has 1 saturated heterocycles. The molecule has 24 heavy (non-hydrogen) atoms. The molecule has 1 saturated carbocycles. The van der Waals surface area contributed by atoms with Crippen LogP contribution in [-0.4, -0.2) is 36.7 Å². The molecule has 4 atom stereocenters. The Kier molecular flexibility index (Phi) is 6.02. The Morgan fingerprint density at radius 1 is 1.38 bits per heavy atom. The minimum Gasteiger partial charge on any atom is -0.463 e. The molecule has 0 amide bonds. The van der Waals surface area contributed by atoms with E-state index in [2.05, 4.69) is 6.58 Å². The third-order valence-electron chi connectivity index (χ3n) is 4.95. The van der Waals surface area contributed by atoms with Gasteiger partial charge in [-0.2, -0.15) is 0 Å². The van der Waals surface area contributed by atoms with Gasteiger partial charge in [0.15, 0.2) is 0 Å². The fourth-order valence-corrected chi connectivity index (χ4v) is 3.42. The van der Waals surface area contributed by atoms with E-state index in [1.807, 2.05) is 13.8 Å². The van der Waals surface area contributed by atoms with Gasteiger partial charge >= 0.3 is 17.9 Å². The lowest BCUT2D eigenvalue weighted by Crippen LogP contribution is -2.39. The van der Waals surface area contributed by atoms with Crippen molar-refractivity contribution in [1.82, 2.24) is 0 Å². The number of carbonyl (C=O) groups is 3. The molecule has 0 aromatic heterocycles. The van der Waals surface area contributed by atoms with Gasteiger partial charge in [-0.3, -0.25) is 9.59 Å². The second kappa shape index (κ2) is 7.81. The fraction of sp³-hybridized carbons (Fsp3) is 0.722. The molecule has 2 bridgehead atoms. The van der Waals surface area contributed by atoms with Crippen LogP contribution < -0.4 is 0 Å². The third kappa shape index (κ3) is 4.16. The lowest BCUT2D eigenvalue weighted by atomic mass is 9.82. The van der Waals surface area contributed by atoms with Gasteiger partial charge in [-0.25, -0.2) is 4.79 Å². The average Bonchev–Trinajstić information content (AvgIpc) is 2.85. The van der Waals surface area contributed by atoms with E-state index in [1.165, 1.54) is 0 Å². The topological polar surface area (TPSA) is 78.9 Å². The number of esters is 3. The van der Waals surface area contributed by atoms with Gasteiger partial charge in [0.25, 0.3) is 0 Å². The van der Waals surface area contributed by atoms with Crippen molar-refractivity contribution in [3.63, 3.8) is 0 Å². The van der Waals surface area contributed by atoms with Crippen LogP contribution in [0, 0.1) is 11.3 Å². The molecule has 1 aliphatic carbocycles. The summed E-state index contributed by atoms with van der Waals surface area (Å²) < 4.78 is 16.0. The zero-order valence-electron chi connectivity index (χ0n) is 14.4. The summed E-state index contributed by atoms with van der Waals surface area (Å²) in [6.45, 7) is 7.30. The van der Waals surface area contributed by atoms with Gasteiger partial charge in [0.1, 0.15) is 12.2 Å². The first kappa shape index (κ1) is 18.5. The van der Waals surface area contributed by atoms with Gasteiger partial charge in [0.2, 0.25) is 0 Å². The summed E-state index contributed by atoms with van der Waals surface area (Å²) >= 11 is 0. The van der Waals surface area contributed by atoms with E-state index in [0.717, 1.165) is 12.5 Å². The standard InChI is InChI=1S/C18H26O6/c1-4-8-18(3,9-10-22-15(19)5-2)17(21)24-13-7-6-12-11-14(13)23-16(12)20/h5,12-14H,2,4,6-11H2,1,3H3. The van der Waals surface area contributed by atoms with Gasteiger partial charge in [0, 0.05) is 12.5 Å². The largest absolute Gasteiger partial charge is 0.463 e. The van der Waals surface area contributed by atoms with Crippen LogP contribution in [0.1, 0.15) is 52.4 Å². The molecule has 0 radical (unpaired) electrons. The van der Waals surface area contributed by atoms with Crippen molar-refractivity contribution in [2.45, 2.75) is 64.6 Å². The van der Waals surface area contributed by atoms with Crippen molar-refractivity contribution < 1.29 is 28.6 Å². The third-order valence-corrected chi connectivity index (χ3v) is 4.95. The van der Waals surface area contributed by atoms with Gasteiger partial charge in [-0.15, -0.1) is 0 Å². The van der Waals surface area contributed by atoms with Crippen molar-refractivity contribution in [2.75, 3.05) is 6.61 Å². The molecule has 1 heterocycles. The Morgan fingerprint density at radius 3 is 2.79 bits per heavy atom. The van der Waals surface area contributed by atoms with Crippen LogP contribution in [-0.2, 0) is 28.6 Å². The highest BCUT2D eigenvalue weighted by Gasteiger charge is 2.46. The number of ether oxygens (including phenoxy) is 3. The highest BCUT2D eigenvalue weighted by molar-refractivity contribution is 5.81. The summed E-state index contributed by atoms with van der Waals surface area (Å²) in [5.41, 5.74) is -0.727. The second-order valence-corrected chi connectivity index (χ2v) is 6.86. The van der Waals surface area contributed by atoms with E-state index in [9.17, 15) is 14.4 Å². The minimum absolute atomic E-state index is 0.0368. The Labute approximate surface area is 142 Å². The van der Waals surface area contributed by atoms with Crippen LogP contribution in [0.3, 0.4) is 0 Å². The molecule has 4 unspecified atom stereocenters. The molecular weight excluding hydrogens is 312 g/mol. The molecular formula is C18H26O6. The molecule has 2 fully saturated rings. The summed E-state index contributed by atoms with van der Waals surface area (Å²) in [6.07, 6.45) is 4.25. The maximum Gasteiger partial charge on any atom is 0.330 e. The SMILES string of the molecule is C=CC(=O)OCCC(C)(CCC)C(=O)OC1CCC2CC1OC2=O. The van der Waals surface area contributed by atoms with E-state index < -0.39 is 11.4 Å². The predicted molar refractivity (Wildman–Crippen MR) is 85.9 cm³/mol. The zero-order valence-corrected chi connectivity index (χ0v) is 14.4. The number of rotatable bonds is 8. The highest BCUT2D eigenvalue weighted by Crippen LogP contribution is 2.38. The molecule has 2 aliphatic rings. The van der Waals surface area contributed by atoms with Crippen LogP contribution in [0.5, 0.6) is 0 Å². The van der Waals surface area contributed by atoms with E-state index in [1.54, 1.807) is 0 Å². The second-order valence-electron chi connectivity index (χ2n) is 6.86. The van der Waals surface area contributed by atoms with Crippen molar-refractivity contribution in [3.05, 3.63) is 12.7 Å². The Balaban J connectivity index is 1.93. The maximum atomic E-state index is 12.7. The number of carbonyl (C=O) groups excluding carboxylic acids is 3. The van der Waals surface area contributed by atoms with Crippen LogP contribution in [0.4, 0.5) is 0 Å². The number of fused-ring (bicyclic) bond motifs is 2. The van der Waals surface area contributed by atoms with Gasteiger partial charge in [-0.05, 0) is 32.6 Å². The molecule has 2 rings (SSSR count). The Morgan fingerprint density at radius 2 is 2.12 bits per heavy atom. The van der Waals surface area contributed by atoms with E-state index in [0.29, 0.717) is 32.1 Å².